The Balaban J connectivity index is 1.55. The van der Waals surface area contributed by atoms with Gasteiger partial charge in [-0.05, 0) is 18.6 Å². The molecule has 132 valence electrons. The van der Waals surface area contributed by atoms with Crippen LogP contribution in [-0.2, 0) is 24.3 Å². The van der Waals surface area contributed by atoms with Gasteiger partial charge in [-0.3, -0.25) is 4.79 Å². The number of rotatable bonds is 4. The smallest absolute Gasteiger partial charge is 0.241 e. The molecule has 0 aromatic heterocycles. The first-order valence-corrected chi connectivity index (χ1v) is 9.51. The summed E-state index contributed by atoms with van der Waals surface area (Å²) in [5, 5.41) is 0. The maximum atomic E-state index is 12.3. The molecule has 24 heavy (non-hydrogen) atoms. The molecule has 2 aliphatic rings. The van der Waals surface area contributed by atoms with E-state index in [1.54, 1.807) is 30.0 Å². The van der Waals surface area contributed by atoms with Crippen LogP contribution in [0.3, 0.4) is 0 Å². The first-order chi connectivity index (χ1) is 11.4. The van der Waals surface area contributed by atoms with Gasteiger partial charge in [0.05, 0.1) is 24.7 Å². The van der Waals surface area contributed by atoms with Crippen LogP contribution in [0.15, 0.2) is 29.2 Å². The Bertz CT molecular complexity index is 703. The number of aryl methyl sites for hydroxylation is 1. The molecule has 1 aromatic rings. The summed E-state index contributed by atoms with van der Waals surface area (Å²) >= 11 is 0. The van der Waals surface area contributed by atoms with Gasteiger partial charge >= 0.3 is 0 Å². The highest BCUT2D eigenvalue weighted by molar-refractivity contribution is 7.89. The van der Waals surface area contributed by atoms with Crippen molar-refractivity contribution in [3.8, 4) is 0 Å². The van der Waals surface area contributed by atoms with E-state index in [-0.39, 0.29) is 17.3 Å². The molecule has 0 bridgehead atoms. The number of nitrogens with zero attached hydrogens (tertiary/aromatic N) is 1. The molecule has 8 heteroatoms. The first kappa shape index (κ1) is 17.3. The second-order valence-corrected chi connectivity index (χ2v) is 7.81. The SMILES string of the molecule is Cc1ccccc1S(=O)(=O)NCC(=O)N1CCC2(CC1)OCCO2. The van der Waals surface area contributed by atoms with Crippen molar-refractivity contribution in [1.29, 1.82) is 0 Å². The molecule has 1 N–H and O–H groups in total. The van der Waals surface area contributed by atoms with Crippen LogP contribution in [0, 0.1) is 6.92 Å². The number of sulfonamides is 1. The maximum Gasteiger partial charge on any atom is 0.241 e. The molecule has 7 nitrogen and oxygen atoms in total. The Hall–Kier alpha value is -1.48. The predicted octanol–water partition coefficient (Wildman–Crippen LogP) is 0.639. The number of piperidine rings is 1. The molecule has 2 saturated heterocycles. The van der Waals surface area contributed by atoms with Gasteiger partial charge in [0.2, 0.25) is 15.9 Å². The van der Waals surface area contributed by atoms with Crippen molar-refractivity contribution in [2.45, 2.75) is 30.4 Å². The van der Waals surface area contributed by atoms with E-state index in [9.17, 15) is 13.2 Å². The summed E-state index contributed by atoms with van der Waals surface area (Å²) in [7, 11) is -3.69. The lowest BCUT2D eigenvalue weighted by Crippen LogP contribution is -2.49. The molecule has 1 amide bonds. The fourth-order valence-corrected chi connectivity index (χ4v) is 4.31. The fraction of sp³-hybridized carbons (Fsp3) is 0.562. The number of likely N-dealkylation sites (tertiary alicyclic amines) is 1. The van der Waals surface area contributed by atoms with E-state index in [0.29, 0.717) is 44.7 Å². The Labute approximate surface area is 142 Å². The van der Waals surface area contributed by atoms with Crippen LogP contribution in [0.4, 0.5) is 0 Å². The summed E-state index contributed by atoms with van der Waals surface area (Å²) in [5.41, 5.74) is 0.646. The number of hydrogen-bond donors (Lipinski definition) is 1. The average Bonchev–Trinajstić information content (AvgIpc) is 3.02. The minimum Gasteiger partial charge on any atom is -0.347 e. The highest BCUT2D eigenvalue weighted by atomic mass is 32.2. The van der Waals surface area contributed by atoms with E-state index in [4.69, 9.17) is 9.47 Å². The normalized spacial score (nSPS) is 20.5. The number of carbonyl (C=O) groups is 1. The summed E-state index contributed by atoms with van der Waals surface area (Å²) in [6.07, 6.45) is 1.23. The van der Waals surface area contributed by atoms with Gasteiger partial charge in [0.25, 0.3) is 0 Å². The second-order valence-electron chi connectivity index (χ2n) is 6.08. The van der Waals surface area contributed by atoms with Gasteiger partial charge < -0.3 is 14.4 Å². The van der Waals surface area contributed by atoms with Crippen LogP contribution in [0.2, 0.25) is 0 Å². The van der Waals surface area contributed by atoms with Gasteiger partial charge in [0.15, 0.2) is 5.79 Å². The number of carbonyl (C=O) groups excluding carboxylic acids is 1. The molecule has 0 aliphatic carbocycles. The van der Waals surface area contributed by atoms with Gasteiger partial charge in [-0.15, -0.1) is 0 Å². The Kier molecular flexibility index (Phi) is 4.91. The van der Waals surface area contributed by atoms with E-state index in [2.05, 4.69) is 4.72 Å². The highest BCUT2D eigenvalue weighted by Crippen LogP contribution is 2.31. The zero-order valence-electron chi connectivity index (χ0n) is 13.7. The lowest BCUT2D eigenvalue weighted by Gasteiger charge is -2.37. The monoisotopic (exact) mass is 354 g/mol. The van der Waals surface area contributed by atoms with Crippen LogP contribution in [-0.4, -0.2) is 57.9 Å². The van der Waals surface area contributed by atoms with Gasteiger partial charge in [-0.25, -0.2) is 13.1 Å². The van der Waals surface area contributed by atoms with Crippen molar-refractivity contribution in [2.24, 2.45) is 0 Å². The summed E-state index contributed by atoms with van der Waals surface area (Å²) in [5.74, 6) is -0.780. The summed E-state index contributed by atoms with van der Waals surface area (Å²) in [4.78, 5) is 14.1. The standard InChI is InChI=1S/C16H22N2O5S/c1-13-4-2-3-5-14(13)24(20,21)17-12-15(19)18-8-6-16(7-9-18)22-10-11-23-16/h2-5,17H,6-12H2,1H3. The van der Waals surface area contributed by atoms with Gasteiger partial charge in [0.1, 0.15) is 0 Å². The van der Waals surface area contributed by atoms with Crippen LogP contribution < -0.4 is 4.72 Å². The first-order valence-electron chi connectivity index (χ1n) is 8.03. The van der Waals surface area contributed by atoms with E-state index >= 15 is 0 Å². The minimum absolute atomic E-state index is 0.197. The Morgan fingerprint density at radius 2 is 1.83 bits per heavy atom. The third-order valence-corrected chi connectivity index (χ3v) is 6.05. The summed E-state index contributed by atoms with van der Waals surface area (Å²) in [6, 6.07) is 6.69. The maximum absolute atomic E-state index is 12.3. The molecule has 2 aliphatic heterocycles. The molecule has 2 heterocycles. The number of nitrogens with one attached hydrogen (secondary N) is 1. The van der Waals surface area contributed by atoms with Gasteiger partial charge in [-0.2, -0.15) is 0 Å². The van der Waals surface area contributed by atoms with Gasteiger partial charge in [-0.1, -0.05) is 18.2 Å². The number of benzene rings is 1. The van der Waals surface area contributed by atoms with Crippen LogP contribution in [0.1, 0.15) is 18.4 Å². The van der Waals surface area contributed by atoms with Crippen LogP contribution in [0.25, 0.3) is 0 Å². The second kappa shape index (κ2) is 6.79. The molecule has 1 aromatic carbocycles. The topological polar surface area (TPSA) is 84.9 Å². The van der Waals surface area contributed by atoms with Crippen molar-refractivity contribution in [3.05, 3.63) is 29.8 Å². The van der Waals surface area contributed by atoms with Gasteiger partial charge in [0, 0.05) is 25.9 Å². The summed E-state index contributed by atoms with van der Waals surface area (Å²) < 4.78 is 38.3. The molecular formula is C16H22N2O5S. The zero-order valence-corrected chi connectivity index (χ0v) is 14.5. The van der Waals surface area contributed by atoms with Crippen LogP contribution >= 0.6 is 0 Å². The zero-order chi connectivity index (χ0) is 17.2. The lowest BCUT2D eigenvalue weighted by atomic mass is 10.0. The van der Waals surface area contributed by atoms with E-state index in [0.717, 1.165) is 0 Å². The summed E-state index contributed by atoms with van der Waals surface area (Å²) in [6.45, 7) is 3.66. The van der Waals surface area contributed by atoms with E-state index in [1.807, 2.05) is 0 Å². The Morgan fingerprint density at radius 3 is 2.46 bits per heavy atom. The molecular weight excluding hydrogens is 332 g/mol. The van der Waals surface area contributed by atoms with Crippen LogP contribution in [0.5, 0.6) is 0 Å². The molecule has 1 spiro atoms. The largest absolute Gasteiger partial charge is 0.347 e. The quantitative estimate of drug-likeness (QED) is 0.858. The van der Waals surface area contributed by atoms with Crippen molar-refractivity contribution in [1.82, 2.24) is 9.62 Å². The average molecular weight is 354 g/mol. The lowest BCUT2D eigenvalue weighted by molar-refractivity contribution is -0.187. The molecule has 0 saturated carbocycles. The number of amides is 1. The molecule has 0 radical (unpaired) electrons. The predicted molar refractivity (Wildman–Crippen MR) is 86.8 cm³/mol. The molecule has 0 atom stereocenters. The van der Waals surface area contributed by atoms with Crippen molar-refractivity contribution >= 4 is 15.9 Å². The number of hydrogen-bond acceptors (Lipinski definition) is 5. The van der Waals surface area contributed by atoms with Crippen molar-refractivity contribution in [2.75, 3.05) is 32.8 Å². The van der Waals surface area contributed by atoms with Crippen molar-refractivity contribution in [3.63, 3.8) is 0 Å². The number of ether oxygens (including phenoxy) is 2. The molecule has 2 fully saturated rings. The molecule has 3 rings (SSSR count). The molecule has 0 unspecified atom stereocenters. The van der Waals surface area contributed by atoms with E-state index < -0.39 is 15.8 Å². The fourth-order valence-electron chi connectivity index (χ4n) is 3.09. The third-order valence-electron chi connectivity index (χ3n) is 4.49. The highest BCUT2D eigenvalue weighted by Gasteiger charge is 2.40. The third kappa shape index (κ3) is 3.61. The Morgan fingerprint density at radius 1 is 1.21 bits per heavy atom. The van der Waals surface area contributed by atoms with Crippen molar-refractivity contribution < 1.29 is 22.7 Å². The van der Waals surface area contributed by atoms with E-state index in [1.165, 1.54) is 6.07 Å². The minimum atomic E-state index is -3.69.